The third kappa shape index (κ3) is 4.81. The molecule has 3 aromatic carbocycles. The molecule has 1 N–H and O–H groups in total. The van der Waals surface area contributed by atoms with E-state index in [1.54, 1.807) is 25.3 Å². The van der Waals surface area contributed by atoms with Gasteiger partial charge < -0.3 is 14.8 Å². The highest BCUT2D eigenvalue weighted by Gasteiger charge is 2.40. The van der Waals surface area contributed by atoms with E-state index in [9.17, 15) is 13.2 Å². The maximum Gasteiger partial charge on any atom is 0.416 e. The van der Waals surface area contributed by atoms with Crippen molar-refractivity contribution in [2.75, 3.05) is 12.4 Å². The van der Waals surface area contributed by atoms with E-state index >= 15 is 0 Å². The Morgan fingerprint density at radius 3 is 2.61 bits per heavy atom. The van der Waals surface area contributed by atoms with E-state index in [0.29, 0.717) is 37.3 Å². The lowest BCUT2D eigenvalue weighted by molar-refractivity contribution is -0.137. The summed E-state index contributed by atoms with van der Waals surface area (Å²) in [6.07, 6.45) is 0.426. The maximum absolute atomic E-state index is 13.3. The summed E-state index contributed by atoms with van der Waals surface area (Å²) in [5.74, 6) is 1.02. The van der Waals surface area contributed by atoms with E-state index in [1.165, 1.54) is 12.1 Å². The number of hydrogen-bond acceptors (Lipinski definition) is 3. The van der Waals surface area contributed by atoms with E-state index in [-0.39, 0.29) is 24.5 Å². The Morgan fingerprint density at radius 1 is 1.08 bits per heavy atom. The third-order valence-electron chi connectivity index (χ3n) is 6.69. The zero-order chi connectivity index (χ0) is 25.6. The highest BCUT2D eigenvalue weighted by Crippen LogP contribution is 2.52. The third-order valence-corrected chi connectivity index (χ3v) is 7.86. The molecule has 0 bridgehead atoms. The first kappa shape index (κ1) is 25.3. The molecule has 0 fully saturated rings. The second-order valence-electron chi connectivity index (χ2n) is 8.83. The van der Waals surface area contributed by atoms with Crippen LogP contribution in [0.5, 0.6) is 11.5 Å². The molecular weight excluding hydrogens is 578 g/mol. The lowest BCUT2D eigenvalue weighted by Gasteiger charge is -2.38. The number of rotatable bonds is 5. The van der Waals surface area contributed by atoms with E-state index in [2.05, 4.69) is 21.2 Å². The average molecular weight is 599 g/mol. The summed E-state index contributed by atoms with van der Waals surface area (Å²) in [6.45, 7) is 0.218. The Kier molecular flexibility index (Phi) is 6.92. The highest BCUT2D eigenvalue weighted by molar-refractivity contribution is 9.10. The minimum atomic E-state index is -4.38. The molecule has 5 rings (SSSR count). The van der Waals surface area contributed by atoms with Gasteiger partial charge in [0.05, 0.1) is 23.2 Å². The normalized spacial score (nSPS) is 20.5. The van der Waals surface area contributed by atoms with E-state index in [1.807, 2.05) is 24.3 Å². The van der Waals surface area contributed by atoms with Crippen molar-refractivity contribution in [1.29, 1.82) is 0 Å². The number of ether oxygens (including phenoxy) is 2. The molecule has 0 aromatic heterocycles. The van der Waals surface area contributed by atoms with Gasteiger partial charge in [0, 0.05) is 27.2 Å². The van der Waals surface area contributed by atoms with Crippen LogP contribution in [0.15, 0.2) is 65.2 Å². The molecule has 3 atom stereocenters. The van der Waals surface area contributed by atoms with Gasteiger partial charge in [0.25, 0.3) is 0 Å². The van der Waals surface area contributed by atoms with Crippen LogP contribution < -0.4 is 14.8 Å². The summed E-state index contributed by atoms with van der Waals surface area (Å²) in [5.41, 5.74) is 2.47. The average Bonchev–Trinajstić information content (AvgIpc) is 3.33. The van der Waals surface area contributed by atoms with Gasteiger partial charge in [0.1, 0.15) is 6.61 Å². The predicted octanol–water partition coefficient (Wildman–Crippen LogP) is 9.19. The van der Waals surface area contributed by atoms with Crippen molar-refractivity contribution in [3.05, 3.63) is 97.5 Å². The number of hydrogen-bond donors (Lipinski definition) is 1. The highest BCUT2D eigenvalue weighted by atomic mass is 79.9. The molecule has 1 aliphatic heterocycles. The van der Waals surface area contributed by atoms with Crippen LogP contribution in [-0.4, -0.2) is 7.11 Å². The first-order valence-corrected chi connectivity index (χ1v) is 12.8. The summed E-state index contributed by atoms with van der Waals surface area (Å²) in [6, 6.07) is 12.9. The number of methoxy groups -OCH3 is 1. The number of benzene rings is 3. The largest absolute Gasteiger partial charge is 0.493 e. The Hall–Kier alpha value is -2.35. The summed E-state index contributed by atoms with van der Waals surface area (Å²) in [7, 11) is 1.57. The fourth-order valence-electron chi connectivity index (χ4n) is 4.95. The molecule has 1 heterocycles. The Labute approximate surface area is 225 Å². The molecular formula is C27H21BrCl2F3NO2. The van der Waals surface area contributed by atoms with Gasteiger partial charge in [-0.05, 0) is 81.9 Å². The monoisotopic (exact) mass is 597 g/mol. The minimum absolute atomic E-state index is 0.0669. The lowest BCUT2D eigenvalue weighted by Crippen LogP contribution is -2.29. The molecule has 0 amide bonds. The molecule has 0 unspecified atom stereocenters. The smallest absolute Gasteiger partial charge is 0.416 e. The summed E-state index contributed by atoms with van der Waals surface area (Å²) >= 11 is 15.9. The second-order valence-corrected chi connectivity index (χ2v) is 10.5. The Bertz CT molecular complexity index is 1350. The van der Waals surface area contributed by atoms with Gasteiger partial charge in [-0.25, -0.2) is 0 Å². The van der Waals surface area contributed by atoms with Crippen LogP contribution in [0.25, 0.3) is 0 Å². The Morgan fingerprint density at radius 2 is 1.89 bits per heavy atom. The number of anilines is 1. The molecule has 0 saturated carbocycles. The minimum Gasteiger partial charge on any atom is -0.493 e. The summed E-state index contributed by atoms with van der Waals surface area (Å²) < 4.78 is 52.4. The van der Waals surface area contributed by atoms with Crippen LogP contribution in [0.3, 0.4) is 0 Å². The van der Waals surface area contributed by atoms with E-state index < -0.39 is 11.7 Å². The zero-order valence-corrected chi connectivity index (χ0v) is 22.1. The molecule has 0 spiro atoms. The van der Waals surface area contributed by atoms with Gasteiger partial charge in [-0.1, -0.05) is 41.4 Å². The lowest BCUT2D eigenvalue weighted by atomic mass is 9.76. The van der Waals surface area contributed by atoms with Gasteiger partial charge >= 0.3 is 6.18 Å². The molecule has 3 aromatic rings. The van der Waals surface area contributed by atoms with Crippen LogP contribution in [0.4, 0.5) is 18.9 Å². The topological polar surface area (TPSA) is 30.5 Å². The quantitative estimate of drug-likeness (QED) is 0.297. The van der Waals surface area contributed by atoms with Crippen molar-refractivity contribution < 1.29 is 22.6 Å². The van der Waals surface area contributed by atoms with Crippen molar-refractivity contribution in [3.63, 3.8) is 0 Å². The van der Waals surface area contributed by atoms with Crippen molar-refractivity contribution in [2.45, 2.75) is 31.2 Å². The molecule has 0 saturated heterocycles. The molecule has 36 heavy (non-hydrogen) atoms. The summed E-state index contributed by atoms with van der Waals surface area (Å²) in [4.78, 5) is 0. The van der Waals surface area contributed by atoms with E-state index in [0.717, 1.165) is 23.6 Å². The zero-order valence-electron chi connectivity index (χ0n) is 19.0. The molecule has 1 aliphatic carbocycles. The fourth-order valence-corrected chi connectivity index (χ4v) is 5.99. The molecule has 188 valence electrons. The SMILES string of the molecule is COc1cc([C@@H]2Nc3ccc(C(F)(F)F)cc3[C@@H]3C=CC[C@@H]32)cc(Br)c1OCc1ccc(Cl)cc1Cl. The van der Waals surface area contributed by atoms with Gasteiger partial charge in [0.2, 0.25) is 0 Å². The van der Waals surface area contributed by atoms with Gasteiger partial charge in [-0.2, -0.15) is 13.2 Å². The fraction of sp³-hybridized carbons (Fsp3) is 0.259. The van der Waals surface area contributed by atoms with Crippen LogP contribution in [-0.2, 0) is 12.8 Å². The maximum atomic E-state index is 13.3. The van der Waals surface area contributed by atoms with Gasteiger partial charge in [-0.15, -0.1) is 0 Å². The molecule has 9 heteroatoms. The molecule has 0 radical (unpaired) electrons. The summed E-state index contributed by atoms with van der Waals surface area (Å²) in [5, 5.41) is 4.53. The predicted molar refractivity (Wildman–Crippen MR) is 139 cm³/mol. The van der Waals surface area contributed by atoms with Gasteiger partial charge in [0.15, 0.2) is 11.5 Å². The number of allylic oxidation sites excluding steroid dienone is 2. The molecule has 3 nitrogen and oxygen atoms in total. The standard InChI is InChI=1S/C27H21BrCl2F3NO2/c1-35-24-10-15(9-21(28)26(24)36-13-14-5-7-17(29)12-22(14)30)25-19-4-2-3-18(19)20-11-16(27(31,32)33)6-8-23(20)34-25/h2-3,5-12,18-19,25,34H,4,13H2,1H3/t18-,19+,25+/m1/s1. The number of fused-ring (bicyclic) bond motifs is 3. The van der Waals surface area contributed by atoms with Crippen LogP contribution >= 0.6 is 39.1 Å². The number of nitrogens with one attached hydrogen (secondary N) is 1. The van der Waals surface area contributed by atoms with E-state index in [4.69, 9.17) is 32.7 Å². The first-order chi connectivity index (χ1) is 17.2. The second kappa shape index (κ2) is 9.84. The van der Waals surface area contributed by atoms with Gasteiger partial charge in [-0.3, -0.25) is 0 Å². The van der Waals surface area contributed by atoms with Crippen LogP contribution in [0.2, 0.25) is 10.0 Å². The number of halogens is 6. The van der Waals surface area contributed by atoms with Crippen LogP contribution in [0, 0.1) is 5.92 Å². The Balaban J connectivity index is 1.45. The van der Waals surface area contributed by atoms with Crippen molar-refractivity contribution in [3.8, 4) is 11.5 Å². The molecule has 2 aliphatic rings. The number of alkyl halides is 3. The van der Waals surface area contributed by atoms with Crippen molar-refractivity contribution in [1.82, 2.24) is 0 Å². The van der Waals surface area contributed by atoms with Crippen LogP contribution in [0.1, 0.15) is 40.6 Å². The van der Waals surface area contributed by atoms with Crippen molar-refractivity contribution in [2.24, 2.45) is 5.92 Å². The first-order valence-electron chi connectivity index (χ1n) is 11.2. The van der Waals surface area contributed by atoms with Crippen molar-refractivity contribution >= 4 is 44.8 Å².